The number of amides is 1. The van der Waals surface area contributed by atoms with Crippen LogP contribution < -0.4 is 5.32 Å². The van der Waals surface area contributed by atoms with Crippen molar-refractivity contribution in [3.8, 4) is 0 Å². The maximum atomic E-state index is 12.1. The largest absolute Gasteiger partial charge is 0.390 e. The van der Waals surface area contributed by atoms with Crippen molar-refractivity contribution in [1.82, 2.24) is 14.8 Å². The highest BCUT2D eigenvalue weighted by Crippen LogP contribution is 2.21. The van der Waals surface area contributed by atoms with Crippen LogP contribution in [0.15, 0.2) is 30.5 Å². The summed E-state index contributed by atoms with van der Waals surface area (Å²) in [4.78, 5) is 14.3. The third-order valence-corrected chi connectivity index (χ3v) is 4.71. The Morgan fingerprint density at radius 3 is 2.88 bits per heavy atom. The highest BCUT2D eigenvalue weighted by molar-refractivity contribution is 5.84. The number of β-amino-alcohol motifs (C(OH)–C–C–N with tert-alkyl or cyclic N) is 1. The maximum absolute atomic E-state index is 12.1. The Hall–Kier alpha value is -1.89. The van der Waals surface area contributed by atoms with E-state index in [1.807, 2.05) is 19.2 Å². The second-order valence-corrected chi connectivity index (χ2v) is 6.65. The number of fused-ring (bicyclic) bond motifs is 1. The van der Waals surface area contributed by atoms with Gasteiger partial charge in [-0.1, -0.05) is 18.2 Å². The zero-order valence-corrected chi connectivity index (χ0v) is 14.8. The van der Waals surface area contributed by atoms with Crippen LogP contribution in [0.25, 0.3) is 10.9 Å². The van der Waals surface area contributed by atoms with Crippen LogP contribution in [0.4, 0.5) is 0 Å². The number of carbonyl (C=O) groups is 1. The summed E-state index contributed by atoms with van der Waals surface area (Å²) in [6, 6.07) is 8.22. The lowest BCUT2D eigenvalue weighted by atomic mass is 10.1. The first-order valence-corrected chi connectivity index (χ1v) is 8.91. The third-order valence-electron chi connectivity index (χ3n) is 4.71. The van der Waals surface area contributed by atoms with Crippen molar-refractivity contribution in [2.24, 2.45) is 7.05 Å². The molecule has 136 valence electrons. The van der Waals surface area contributed by atoms with Crippen molar-refractivity contribution in [2.45, 2.75) is 18.9 Å². The molecule has 2 aromatic rings. The van der Waals surface area contributed by atoms with Gasteiger partial charge < -0.3 is 19.7 Å². The van der Waals surface area contributed by atoms with Gasteiger partial charge in [-0.2, -0.15) is 0 Å². The summed E-state index contributed by atoms with van der Waals surface area (Å²) >= 11 is 0. The molecule has 1 atom stereocenters. The molecule has 2 N–H and O–H groups in total. The predicted octanol–water partition coefficient (Wildman–Crippen LogP) is 0.920. The number of benzene rings is 1. The number of para-hydroxylation sites is 1. The highest BCUT2D eigenvalue weighted by Gasteiger charge is 2.15. The van der Waals surface area contributed by atoms with Crippen molar-refractivity contribution in [1.29, 1.82) is 0 Å². The number of hydrogen-bond donors (Lipinski definition) is 2. The molecule has 1 aromatic carbocycles. The molecule has 1 aromatic heterocycles. The van der Waals surface area contributed by atoms with E-state index in [1.54, 1.807) is 0 Å². The zero-order valence-electron chi connectivity index (χ0n) is 14.8. The Labute approximate surface area is 148 Å². The fraction of sp³-hybridized carbons (Fsp3) is 0.526. The van der Waals surface area contributed by atoms with Gasteiger partial charge in [0.2, 0.25) is 5.91 Å². The smallest absolute Gasteiger partial charge is 0.220 e. The lowest BCUT2D eigenvalue weighted by molar-refractivity contribution is -0.121. The minimum atomic E-state index is -0.542. The molecule has 0 bridgehead atoms. The minimum Gasteiger partial charge on any atom is -0.390 e. The predicted molar refractivity (Wildman–Crippen MR) is 97.5 cm³/mol. The molecule has 25 heavy (non-hydrogen) atoms. The second kappa shape index (κ2) is 8.47. The lowest BCUT2D eigenvalue weighted by Gasteiger charge is -2.28. The Morgan fingerprint density at radius 2 is 2.08 bits per heavy atom. The molecule has 1 aliphatic rings. The molecule has 0 spiro atoms. The summed E-state index contributed by atoms with van der Waals surface area (Å²) in [6.07, 6.45) is 2.68. The van der Waals surface area contributed by atoms with E-state index in [2.05, 4.69) is 33.1 Å². The standard InChI is InChI=1S/C19H27N3O3/c1-21-13-15(17-4-2-3-5-18(17)21)6-7-19(24)20-12-16(23)14-22-8-10-25-11-9-22/h2-5,13,16,23H,6-12,14H2,1H3,(H,20,24). The van der Waals surface area contributed by atoms with Crippen molar-refractivity contribution >= 4 is 16.8 Å². The molecule has 0 radical (unpaired) electrons. The Morgan fingerprint density at radius 1 is 1.32 bits per heavy atom. The number of aliphatic hydroxyl groups excluding tert-OH is 1. The quantitative estimate of drug-likeness (QED) is 0.783. The van der Waals surface area contributed by atoms with E-state index in [1.165, 1.54) is 16.5 Å². The first kappa shape index (κ1) is 17.9. The fourth-order valence-corrected chi connectivity index (χ4v) is 3.34. The monoisotopic (exact) mass is 345 g/mol. The summed E-state index contributed by atoms with van der Waals surface area (Å²) in [5.74, 6) is -0.0195. The molecule has 1 amide bonds. The van der Waals surface area contributed by atoms with Crippen LogP contribution in [-0.4, -0.2) is 66.0 Å². The van der Waals surface area contributed by atoms with Crippen molar-refractivity contribution in [2.75, 3.05) is 39.4 Å². The normalized spacial score (nSPS) is 16.9. The van der Waals surface area contributed by atoms with E-state index in [4.69, 9.17) is 4.74 Å². The molecular weight excluding hydrogens is 318 g/mol. The van der Waals surface area contributed by atoms with E-state index in [0.29, 0.717) is 39.1 Å². The average Bonchev–Trinajstić information content (AvgIpc) is 2.95. The molecule has 0 saturated carbocycles. The molecule has 6 heteroatoms. The third kappa shape index (κ3) is 4.81. The number of hydrogen-bond acceptors (Lipinski definition) is 4. The van der Waals surface area contributed by atoms with Crippen LogP contribution in [0.5, 0.6) is 0 Å². The zero-order chi connectivity index (χ0) is 17.6. The molecule has 1 saturated heterocycles. The van der Waals surface area contributed by atoms with Crippen molar-refractivity contribution in [3.05, 3.63) is 36.0 Å². The van der Waals surface area contributed by atoms with Gasteiger partial charge in [0, 0.05) is 56.7 Å². The number of aromatic nitrogens is 1. The van der Waals surface area contributed by atoms with Crippen LogP contribution in [0, 0.1) is 0 Å². The minimum absolute atomic E-state index is 0.0195. The SMILES string of the molecule is Cn1cc(CCC(=O)NCC(O)CN2CCOCC2)c2ccccc21. The van der Waals surface area contributed by atoms with Crippen LogP contribution in [-0.2, 0) is 23.0 Å². The molecule has 1 fully saturated rings. The number of rotatable bonds is 7. The first-order chi connectivity index (χ1) is 12.1. The topological polar surface area (TPSA) is 66.7 Å². The van der Waals surface area contributed by atoms with Crippen molar-refractivity contribution in [3.63, 3.8) is 0 Å². The van der Waals surface area contributed by atoms with Crippen LogP contribution in [0.2, 0.25) is 0 Å². The average molecular weight is 345 g/mol. The fourth-order valence-electron chi connectivity index (χ4n) is 3.34. The number of carbonyl (C=O) groups excluding carboxylic acids is 1. The summed E-state index contributed by atoms with van der Waals surface area (Å²) in [5, 5.41) is 14.1. The molecule has 0 aliphatic carbocycles. The Bertz CT molecular complexity index is 707. The van der Waals surface area contributed by atoms with Gasteiger partial charge in [-0.25, -0.2) is 0 Å². The number of morpholine rings is 1. The van der Waals surface area contributed by atoms with Gasteiger partial charge in [0.1, 0.15) is 0 Å². The van der Waals surface area contributed by atoms with E-state index < -0.39 is 6.10 Å². The lowest BCUT2D eigenvalue weighted by Crippen LogP contribution is -2.44. The molecule has 1 aliphatic heterocycles. The maximum Gasteiger partial charge on any atom is 0.220 e. The molecule has 6 nitrogen and oxygen atoms in total. The first-order valence-electron chi connectivity index (χ1n) is 8.91. The summed E-state index contributed by atoms with van der Waals surface area (Å²) in [7, 11) is 2.02. The highest BCUT2D eigenvalue weighted by atomic mass is 16.5. The number of nitrogens with zero attached hydrogens (tertiary/aromatic N) is 2. The molecular formula is C19H27N3O3. The number of aliphatic hydroxyl groups is 1. The summed E-state index contributed by atoms with van der Waals surface area (Å²) in [6.45, 7) is 3.98. The van der Waals surface area contributed by atoms with Crippen LogP contribution in [0.1, 0.15) is 12.0 Å². The van der Waals surface area contributed by atoms with Gasteiger partial charge in [-0.15, -0.1) is 0 Å². The Balaban J connectivity index is 1.43. The molecule has 2 heterocycles. The number of aryl methyl sites for hydroxylation is 2. The number of ether oxygens (including phenoxy) is 1. The van der Waals surface area contributed by atoms with Crippen LogP contribution >= 0.6 is 0 Å². The Kier molecular flexibility index (Phi) is 6.07. The second-order valence-electron chi connectivity index (χ2n) is 6.65. The van der Waals surface area contributed by atoms with Gasteiger partial charge in [0.25, 0.3) is 0 Å². The van der Waals surface area contributed by atoms with E-state index in [0.717, 1.165) is 13.1 Å². The summed E-state index contributed by atoms with van der Waals surface area (Å²) in [5.41, 5.74) is 2.36. The van der Waals surface area contributed by atoms with Gasteiger partial charge in [-0.05, 0) is 18.1 Å². The van der Waals surface area contributed by atoms with Gasteiger partial charge in [0.15, 0.2) is 0 Å². The van der Waals surface area contributed by atoms with Gasteiger partial charge >= 0.3 is 0 Å². The number of nitrogens with one attached hydrogen (secondary N) is 1. The molecule has 1 unspecified atom stereocenters. The summed E-state index contributed by atoms with van der Waals surface area (Å²) < 4.78 is 7.38. The molecule has 3 rings (SSSR count). The van der Waals surface area contributed by atoms with Crippen molar-refractivity contribution < 1.29 is 14.6 Å². The van der Waals surface area contributed by atoms with Gasteiger partial charge in [-0.3, -0.25) is 9.69 Å². The van der Waals surface area contributed by atoms with Gasteiger partial charge in [0.05, 0.1) is 19.3 Å². The van der Waals surface area contributed by atoms with Crippen LogP contribution in [0.3, 0.4) is 0 Å². The van der Waals surface area contributed by atoms with E-state index >= 15 is 0 Å². The van der Waals surface area contributed by atoms with E-state index in [9.17, 15) is 9.90 Å². The van der Waals surface area contributed by atoms with E-state index in [-0.39, 0.29) is 5.91 Å².